The second kappa shape index (κ2) is 5.11. The molecule has 0 spiro atoms. The van der Waals surface area contributed by atoms with E-state index in [1.807, 2.05) is 25.1 Å². The van der Waals surface area contributed by atoms with Crippen LogP contribution in [0.1, 0.15) is 32.3 Å². The van der Waals surface area contributed by atoms with E-state index in [1.54, 1.807) is 0 Å². The van der Waals surface area contributed by atoms with Crippen molar-refractivity contribution in [3.63, 3.8) is 0 Å². The first-order valence-electron chi connectivity index (χ1n) is 6.57. The van der Waals surface area contributed by atoms with Crippen molar-refractivity contribution in [2.45, 2.75) is 44.7 Å². The average molecular weight is 247 g/mol. The Morgan fingerprint density at radius 1 is 1.44 bits per heavy atom. The Balaban J connectivity index is 1.97. The van der Waals surface area contributed by atoms with E-state index in [9.17, 15) is 9.90 Å². The molecule has 3 heteroatoms. The van der Waals surface area contributed by atoms with Crippen molar-refractivity contribution >= 4 is 5.97 Å². The Hall–Kier alpha value is -1.35. The first-order valence-corrected chi connectivity index (χ1v) is 6.57. The Bertz CT molecular complexity index is 414. The summed E-state index contributed by atoms with van der Waals surface area (Å²) in [5, 5.41) is 12.7. The van der Waals surface area contributed by atoms with Crippen LogP contribution in [-0.2, 0) is 11.2 Å². The molecule has 0 saturated heterocycles. The molecule has 98 valence electrons. The zero-order valence-electron chi connectivity index (χ0n) is 11.0. The van der Waals surface area contributed by atoms with Gasteiger partial charge in [-0.3, -0.25) is 10.1 Å². The molecule has 0 aromatic heterocycles. The van der Waals surface area contributed by atoms with Gasteiger partial charge in [-0.05, 0) is 44.6 Å². The highest BCUT2D eigenvalue weighted by Crippen LogP contribution is 2.40. The number of carboxylic acids is 1. The lowest BCUT2D eigenvalue weighted by atomic mass is 9.93. The normalized spacial score (nSPS) is 20.1. The molecule has 0 bridgehead atoms. The summed E-state index contributed by atoms with van der Waals surface area (Å²) in [7, 11) is 0. The SMILES string of the molecule is CC(Cc1ccccc1)NC(C)(C(=O)O)C1CC1. The topological polar surface area (TPSA) is 49.3 Å². The number of hydrogen-bond donors (Lipinski definition) is 2. The van der Waals surface area contributed by atoms with Crippen LogP contribution in [0, 0.1) is 5.92 Å². The Kier molecular flexibility index (Phi) is 3.71. The van der Waals surface area contributed by atoms with Crippen LogP contribution < -0.4 is 5.32 Å². The van der Waals surface area contributed by atoms with E-state index in [2.05, 4.69) is 24.4 Å². The van der Waals surface area contributed by atoms with Crippen LogP contribution in [0.5, 0.6) is 0 Å². The predicted octanol–water partition coefficient (Wildman–Crippen LogP) is 2.46. The minimum Gasteiger partial charge on any atom is -0.480 e. The number of aliphatic carboxylic acids is 1. The number of carbonyl (C=O) groups is 1. The van der Waals surface area contributed by atoms with Crippen molar-refractivity contribution in [1.82, 2.24) is 5.32 Å². The molecule has 1 aliphatic carbocycles. The quantitative estimate of drug-likeness (QED) is 0.812. The molecule has 18 heavy (non-hydrogen) atoms. The molecular formula is C15H21NO2. The summed E-state index contributed by atoms with van der Waals surface area (Å²) in [6.07, 6.45) is 2.90. The number of nitrogens with one attached hydrogen (secondary N) is 1. The van der Waals surface area contributed by atoms with Crippen LogP contribution in [0.15, 0.2) is 30.3 Å². The Labute approximate surface area is 108 Å². The molecule has 2 atom stereocenters. The fourth-order valence-corrected chi connectivity index (χ4v) is 2.55. The molecule has 3 nitrogen and oxygen atoms in total. The second-order valence-electron chi connectivity index (χ2n) is 5.52. The van der Waals surface area contributed by atoms with Crippen molar-refractivity contribution < 1.29 is 9.90 Å². The number of rotatable bonds is 6. The van der Waals surface area contributed by atoms with E-state index >= 15 is 0 Å². The van der Waals surface area contributed by atoms with Gasteiger partial charge in [0.25, 0.3) is 0 Å². The van der Waals surface area contributed by atoms with Crippen LogP contribution in [0.2, 0.25) is 0 Å². The third kappa shape index (κ3) is 2.91. The van der Waals surface area contributed by atoms with Gasteiger partial charge < -0.3 is 5.11 Å². The van der Waals surface area contributed by atoms with Crippen molar-refractivity contribution in [3.8, 4) is 0 Å². The van der Waals surface area contributed by atoms with E-state index in [0.29, 0.717) is 0 Å². The van der Waals surface area contributed by atoms with Gasteiger partial charge in [-0.25, -0.2) is 0 Å². The van der Waals surface area contributed by atoms with Crippen molar-refractivity contribution in [3.05, 3.63) is 35.9 Å². The monoisotopic (exact) mass is 247 g/mol. The second-order valence-corrected chi connectivity index (χ2v) is 5.52. The van der Waals surface area contributed by atoms with Gasteiger partial charge in [0.2, 0.25) is 0 Å². The zero-order valence-corrected chi connectivity index (χ0v) is 11.0. The fourth-order valence-electron chi connectivity index (χ4n) is 2.55. The highest BCUT2D eigenvalue weighted by Gasteiger charge is 2.47. The van der Waals surface area contributed by atoms with E-state index in [4.69, 9.17) is 0 Å². The Morgan fingerprint density at radius 3 is 2.56 bits per heavy atom. The molecule has 0 radical (unpaired) electrons. The molecule has 1 aromatic carbocycles. The van der Waals surface area contributed by atoms with Gasteiger partial charge in [-0.1, -0.05) is 30.3 Å². The predicted molar refractivity (Wildman–Crippen MR) is 71.5 cm³/mol. The van der Waals surface area contributed by atoms with Crippen LogP contribution >= 0.6 is 0 Å². The van der Waals surface area contributed by atoms with Crippen LogP contribution in [0.4, 0.5) is 0 Å². The third-order valence-corrected chi connectivity index (χ3v) is 3.77. The molecule has 0 aliphatic heterocycles. The summed E-state index contributed by atoms with van der Waals surface area (Å²) in [5.41, 5.74) is 0.467. The molecule has 1 aromatic rings. The van der Waals surface area contributed by atoms with Crippen molar-refractivity contribution in [1.29, 1.82) is 0 Å². The first kappa shape index (κ1) is 13.1. The minimum absolute atomic E-state index is 0.161. The number of hydrogen-bond acceptors (Lipinski definition) is 2. The van der Waals surface area contributed by atoms with E-state index in [1.165, 1.54) is 5.56 Å². The lowest BCUT2D eigenvalue weighted by Gasteiger charge is -2.30. The molecule has 1 fully saturated rings. The maximum absolute atomic E-state index is 11.4. The van der Waals surface area contributed by atoms with Gasteiger partial charge in [-0.2, -0.15) is 0 Å². The standard InChI is InChI=1S/C15H21NO2/c1-11(10-12-6-4-3-5-7-12)16-15(2,14(17)18)13-8-9-13/h3-7,11,13,16H,8-10H2,1-2H3,(H,17,18). The van der Waals surface area contributed by atoms with Gasteiger partial charge in [0.15, 0.2) is 0 Å². The minimum atomic E-state index is -0.770. The molecular weight excluding hydrogens is 226 g/mol. The van der Waals surface area contributed by atoms with Crippen LogP contribution in [-0.4, -0.2) is 22.7 Å². The molecule has 1 saturated carbocycles. The first-order chi connectivity index (χ1) is 8.52. The van der Waals surface area contributed by atoms with Gasteiger partial charge in [-0.15, -0.1) is 0 Å². The zero-order chi connectivity index (χ0) is 13.2. The number of carboxylic acid groups (broad SMARTS) is 1. The lowest BCUT2D eigenvalue weighted by Crippen LogP contribution is -2.55. The van der Waals surface area contributed by atoms with Gasteiger partial charge in [0.05, 0.1) is 0 Å². The number of benzene rings is 1. The summed E-state index contributed by atoms with van der Waals surface area (Å²) in [6, 6.07) is 10.3. The maximum Gasteiger partial charge on any atom is 0.323 e. The van der Waals surface area contributed by atoms with Crippen LogP contribution in [0.3, 0.4) is 0 Å². The smallest absolute Gasteiger partial charge is 0.323 e. The summed E-state index contributed by atoms with van der Waals surface area (Å²) in [5.74, 6) is -0.446. The summed E-state index contributed by atoms with van der Waals surface area (Å²) in [6.45, 7) is 3.87. The third-order valence-electron chi connectivity index (χ3n) is 3.77. The largest absolute Gasteiger partial charge is 0.480 e. The molecule has 2 N–H and O–H groups in total. The summed E-state index contributed by atoms with van der Waals surface area (Å²) >= 11 is 0. The molecule has 0 heterocycles. The van der Waals surface area contributed by atoms with Crippen LogP contribution in [0.25, 0.3) is 0 Å². The molecule has 2 unspecified atom stereocenters. The van der Waals surface area contributed by atoms with Crippen molar-refractivity contribution in [2.24, 2.45) is 5.92 Å². The molecule has 1 aliphatic rings. The molecule has 2 rings (SSSR count). The van der Waals surface area contributed by atoms with Crippen molar-refractivity contribution in [2.75, 3.05) is 0 Å². The maximum atomic E-state index is 11.4. The average Bonchev–Trinajstić information content (AvgIpc) is 3.13. The lowest BCUT2D eigenvalue weighted by molar-refractivity contribution is -0.145. The molecule has 0 amide bonds. The fraction of sp³-hybridized carbons (Fsp3) is 0.533. The summed E-state index contributed by atoms with van der Waals surface area (Å²) < 4.78 is 0. The van der Waals surface area contributed by atoms with Gasteiger partial charge >= 0.3 is 5.97 Å². The highest BCUT2D eigenvalue weighted by atomic mass is 16.4. The van der Waals surface area contributed by atoms with E-state index < -0.39 is 11.5 Å². The Morgan fingerprint density at radius 2 is 2.06 bits per heavy atom. The highest BCUT2D eigenvalue weighted by molar-refractivity contribution is 5.79. The van der Waals surface area contributed by atoms with E-state index in [0.717, 1.165) is 19.3 Å². The summed E-state index contributed by atoms with van der Waals surface area (Å²) in [4.78, 5) is 11.4. The van der Waals surface area contributed by atoms with Gasteiger partial charge in [0.1, 0.15) is 5.54 Å². The van der Waals surface area contributed by atoms with E-state index in [-0.39, 0.29) is 12.0 Å². The van der Waals surface area contributed by atoms with Gasteiger partial charge in [0, 0.05) is 6.04 Å².